The highest BCUT2D eigenvalue weighted by molar-refractivity contribution is 7.80. The lowest BCUT2D eigenvalue weighted by Gasteiger charge is -2.34. The highest BCUT2D eigenvalue weighted by Crippen LogP contribution is 2.67. The van der Waals surface area contributed by atoms with Crippen molar-refractivity contribution in [3.05, 3.63) is 253 Å². The van der Waals surface area contributed by atoms with E-state index in [-0.39, 0.29) is 30.7 Å². The fourth-order valence-corrected chi connectivity index (χ4v) is 18.9. The van der Waals surface area contributed by atoms with E-state index in [4.69, 9.17) is 26.2 Å². The summed E-state index contributed by atoms with van der Waals surface area (Å²) < 4.78 is 62.7. The maximum atomic E-state index is 14.5. The van der Waals surface area contributed by atoms with Crippen molar-refractivity contribution in [2.24, 2.45) is 0 Å². The highest BCUT2D eigenvalue weighted by atomic mass is 32.1. The summed E-state index contributed by atoms with van der Waals surface area (Å²) >= 11 is 5.39. The monoisotopic (exact) mass is 1330 g/mol. The van der Waals surface area contributed by atoms with E-state index in [0.717, 1.165) is 41.5 Å². The van der Waals surface area contributed by atoms with Crippen LogP contribution in [0.5, 0.6) is 0 Å². The number of carbonyl (C=O) groups is 3. The van der Waals surface area contributed by atoms with Crippen molar-refractivity contribution in [1.82, 2.24) is 5.32 Å². The van der Waals surface area contributed by atoms with Gasteiger partial charge in [0.25, 0.3) is 14.9 Å². The predicted octanol–water partition coefficient (Wildman–Crippen LogP) is 16.7. The van der Waals surface area contributed by atoms with E-state index in [1.54, 1.807) is 45.9 Å². The molecule has 0 aliphatic carbocycles. The summed E-state index contributed by atoms with van der Waals surface area (Å²) in [6.45, 7) is 17.4. The smallest absolute Gasteiger partial charge is 0.338 e. The molecular weight excluding hydrogens is 1250 g/mol. The summed E-state index contributed by atoms with van der Waals surface area (Å²) in [5.74, 6) is -1.04. The third kappa shape index (κ3) is 19.9. The molecule has 21 heteroatoms. The van der Waals surface area contributed by atoms with Crippen LogP contribution in [0, 0.1) is 0 Å². The van der Waals surface area contributed by atoms with Gasteiger partial charge < -0.3 is 57.4 Å². The lowest BCUT2D eigenvalue weighted by molar-refractivity contribution is -0.143. The van der Waals surface area contributed by atoms with Gasteiger partial charge in [-0.3, -0.25) is 18.7 Å². The number of thiocarbonyl (C=S) groups is 1. The molecule has 0 spiro atoms. The number of carbonyl (C=O) groups excluding carboxylic acids is 3. The lowest BCUT2D eigenvalue weighted by Crippen LogP contribution is -2.31. The van der Waals surface area contributed by atoms with Gasteiger partial charge in [-0.15, -0.1) is 5.73 Å². The van der Waals surface area contributed by atoms with Crippen molar-refractivity contribution < 1.29 is 42.2 Å². The van der Waals surface area contributed by atoms with Gasteiger partial charge in [-0.05, 0) is 145 Å². The van der Waals surface area contributed by atoms with E-state index in [0.29, 0.717) is 74.9 Å². The fraction of sp³-hybridized carbons (Fsp3) is 0.264. The standard InChI is InChI=1S/C23H25N4OPS.2C21H25N2O3P.C7H10O2/c30-23(25-20-10-4-1-5-11-20)24-16-19-28-29-26(21-12-6-2-7-13-21)17-18-27(29)22-14-8-3-9-15-22;2*1-3-20(17-21(24)26-4-2)27(25)22(18-11-7-5-8-12-18)15-16-23(27)19-13-9-6-10-14-19;1-3-5-6-7(8)9-4-2/h1-15H,16-19H2,(H2,24,25,30);2*3,5-14H,4,15-17H2,1-2H3;3,6H,4H2,1-2H3/b;20-3+;20-3-;. The second-order valence-corrected chi connectivity index (χ2v) is 27.9. The Labute approximate surface area is 555 Å². The van der Waals surface area contributed by atoms with Crippen molar-refractivity contribution in [2.75, 3.05) is 106 Å². The lowest BCUT2D eigenvalue weighted by atomic mass is 10.3. The van der Waals surface area contributed by atoms with Crippen LogP contribution in [0.1, 0.15) is 54.4 Å². The molecule has 488 valence electrons. The number of ether oxygens (including phenoxy) is 3. The number of nitrogens with one attached hydrogen (secondary N) is 2. The molecule has 3 fully saturated rings. The third-order valence-electron chi connectivity index (χ3n) is 14.6. The van der Waals surface area contributed by atoms with Crippen LogP contribution in [0.25, 0.3) is 0 Å². The predicted molar refractivity (Wildman–Crippen MR) is 386 cm³/mol. The minimum Gasteiger partial charge on any atom is -0.466 e. The summed E-state index contributed by atoms with van der Waals surface area (Å²) in [6.07, 6.45) is 6.56. The molecule has 3 heterocycles. The van der Waals surface area contributed by atoms with E-state index in [1.165, 1.54) is 17.5 Å². The van der Waals surface area contributed by atoms with Gasteiger partial charge in [0.2, 0.25) is 8.45 Å². The summed E-state index contributed by atoms with van der Waals surface area (Å²) in [6, 6.07) is 69.8. The Bertz CT molecular complexity index is 3380. The molecular formula is C72H85N8O9P3S. The number of hydrogen-bond acceptors (Lipinski definition) is 12. The van der Waals surface area contributed by atoms with Gasteiger partial charge >= 0.3 is 17.9 Å². The van der Waals surface area contributed by atoms with Gasteiger partial charge in [0, 0.05) is 96.3 Å². The van der Waals surface area contributed by atoms with Crippen molar-refractivity contribution in [3.8, 4) is 0 Å². The molecule has 3 saturated heterocycles. The highest BCUT2D eigenvalue weighted by Gasteiger charge is 2.48. The number of nitrogens with zero attached hydrogens (tertiary/aromatic N) is 6. The van der Waals surface area contributed by atoms with Gasteiger partial charge in [0.05, 0.1) is 45.3 Å². The molecule has 0 bridgehead atoms. The van der Waals surface area contributed by atoms with Crippen LogP contribution in [0.3, 0.4) is 0 Å². The van der Waals surface area contributed by atoms with Gasteiger partial charge in [-0.2, -0.15) is 0 Å². The molecule has 0 aromatic heterocycles. The van der Waals surface area contributed by atoms with Gasteiger partial charge in [-0.25, -0.2) is 4.79 Å². The van der Waals surface area contributed by atoms with Crippen LogP contribution in [-0.4, -0.2) is 95.3 Å². The Kier molecular flexibility index (Phi) is 29.1. The van der Waals surface area contributed by atoms with Crippen LogP contribution in [0.2, 0.25) is 0 Å². The molecule has 7 aromatic carbocycles. The van der Waals surface area contributed by atoms with Crippen LogP contribution in [0.15, 0.2) is 253 Å². The van der Waals surface area contributed by atoms with E-state index >= 15 is 0 Å². The first-order valence-corrected chi connectivity index (χ1v) is 36.0. The average molecular weight is 1330 g/mol. The number of benzene rings is 7. The second-order valence-electron chi connectivity index (χ2n) is 20.5. The molecule has 0 atom stereocenters. The summed E-state index contributed by atoms with van der Waals surface area (Å²) in [7, 11) is -7.33. The molecule has 0 unspecified atom stereocenters. The summed E-state index contributed by atoms with van der Waals surface area (Å²) in [5, 5.41) is 8.23. The van der Waals surface area contributed by atoms with Gasteiger partial charge in [0.1, 0.15) is 0 Å². The number of para-hydroxylation sites is 7. The molecule has 0 saturated carbocycles. The van der Waals surface area contributed by atoms with Crippen molar-refractivity contribution in [2.45, 2.75) is 54.4 Å². The number of anilines is 7. The quantitative estimate of drug-likeness (QED) is 0.0133. The van der Waals surface area contributed by atoms with Gasteiger partial charge in [0.15, 0.2) is 5.11 Å². The first kappa shape index (κ1) is 71.7. The summed E-state index contributed by atoms with van der Waals surface area (Å²) in [5.41, 5.74) is 9.53. The first-order valence-electron chi connectivity index (χ1n) is 31.2. The number of rotatable bonds is 21. The zero-order valence-corrected chi connectivity index (χ0v) is 57.3. The number of hydrogen-bond donors (Lipinski definition) is 2. The van der Waals surface area contributed by atoms with E-state index in [9.17, 15) is 23.5 Å². The van der Waals surface area contributed by atoms with Crippen LogP contribution < -0.4 is 38.7 Å². The maximum absolute atomic E-state index is 14.5. The van der Waals surface area contributed by atoms with E-state index in [2.05, 4.69) is 79.0 Å². The van der Waals surface area contributed by atoms with Crippen LogP contribution >= 0.6 is 35.6 Å². The Hall–Kier alpha value is -8.71. The summed E-state index contributed by atoms with van der Waals surface area (Å²) in [4.78, 5) is 34.8. The zero-order chi connectivity index (χ0) is 66.3. The molecule has 0 radical (unpaired) electrons. The molecule has 10 rings (SSSR count). The SMILES string of the molecule is C/C=C(/CC(=O)OCC)P1(=O)N(c2ccccc2)CCN1c1ccccc1.C/C=C(\CC(=O)OCC)P1(=O)N(c2ccccc2)CCN1c1ccccc1.CC=C=CC(=O)OCC.S=C(NCCOP1N(c2ccccc2)CCN1c1ccccc1)Nc1ccccc1. The molecule has 93 heavy (non-hydrogen) atoms. The van der Waals surface area contributed by atoms with Gasteiger partial charge in [-0.1, -0.05) is 140 Å². The number of allylic oxidation sites excluding steroid dienone is 2. The fourth-order valence-electron chi connectivity index (χ4n) is 10.4. The van der Waals surface area contributed by atoms with Crippen LogP contribution in [0.4, 0.5) is 39.8 Å². The topological polar surface area (TPSA) is 166 Å². The Balaban J connectivity index is 0.000000185. The molecule has 3 aliphatic heterocycles. The molecule has 2 N–H and O–H groups in total. The molecule has 0 amide bonds. The molecule has 3 aliphatic rings. The first-order chi connectivity index (χ1) is 45.3. The second kappa shape index (κ2) is 37.7. The van der Waals surface area contributed by atoms with E-state index < -0.39 is 23.3 Å². The van der Waals surface area contributed by atoms with E-state index in [1.807, 2.05) is 196 Å². The third-order valence-corrected chi connectivity index (χ3v) is 23.6. The molecule has 17 nitrogen and oxygen atoms in total. The maximum Gasteiger partial charge on any atom is 0.338 e. The average Bonchev–Trinajstić information content (AvgIpc) is 1.67. The Morgan fingerprint density at radius 3 is 1.12 bits per heavy atom. The minimum atomic E-state index is -3.19. The zero-order valence-electron chi connectivity index (χ0n) is 53.8. The Morgan fingerprint density at radius 2 is 0.806 bits per heavy atom. The molecule has 7 aromatic rings. The van der Waals surface area contributed by atoms with Crippen molar-refractivity contribution in [3.63, 3.8) is 0 Å². The Morgan fingerprint density at radius 1 is 0.484 bits per heavy atom. The van der Waals surface area contributed by atoms with Crippen molar-refractivity contribution >= 4 is 98.4 Å². The largest absolute Gasteiger partial charge is 0.466 e. The van der Waals surface area contributed by atoms with Crippen LogP contribution in [-0.2, 0) is 42.2 Å². The number of esters is 3. The normalized spacial score (nSPS) is 14.8. The minimum absolute atomic E-state index is 0.0221. The van der Waals surface area contributed by atoms with Crippen molar-refractivity contribution in [1.29, 1.82) is 0 Å².